The van der Waals surface area contributed by atoms with Crippen molar-refractivity contribution in [3.05, 3.63) is 24.3 Å². The molecule has 2 rings (SSSR count). The minimum absolute atomic E-state index is 0.0723. The van der Waals surface area contributed by atoms with Crippen LogP contribution in [0, 0.1) is 0 Å². The van der Waals surface area contributed by atoms with Gasteiger partial charge >= 0.3 is 11.9 Å². The molecule has 0 spiro atoms. The van der Waals surface area contributed by atoms with Crippen LogP contribution in [-0.4, -0.2) is 15.6 Å². The van der Waals surface area contributed by atoms with E-state index in [1.807, 2.05) is 40.4 Å². The lowest BCUT2D eigenvalue weighted by Crippen LogP contribution is -2.31. The number of para-hydroxylation sites is 2. The fraction of sp³-hybridized carbons (Fsp3) is 0.273. The van der Waals surface area contributed by atoms with Crippen LogP contribution in [0.15, 0.2) is 24.3 Å². The molecule has 0 bridgehead atoms. The largest absolute Gasteiger partial charge is 0.481 e. The molecule has 5 nitrogen and oxygen atoms in total. The standard InChI is InChI=1S/C11H13N3O2/c1-13-8-4-2-3-5-9(8)14(11(13)12)7-6-10(15)16/h2-5,12H,6-7H2,1H3,(H,15,16)/p+1. The van der Waals surface area contributed by atoms with Crippen LogP contribution in [0.1, 0.15) is 6.42 Å². The van der Waals surface area contributed by atoms with Gasteiger partial charge in [0.25, 0.3) is 0 Å². The van der Waals surface area contributed by atoms with E-state index in [9.17, 15) is 4.79 Å². The highest BCUT2D eigenvalue weighted by atomic mass is 16.4. The number of benzene rings is 1. The zero-order valence-electron chi connectivity index (χ0n) is 9.05. The number of hydrogen-bond acceptors (Lipinski definition) is 2. The number of carbonyl (C=O) groups is 1. The third-order valence-corrected chi connectivity index (χ3v) is 2.70. The highest BCUT2D eigenvalue weighted by Crippen LogP contribution is 2.15. The second-order valence-corrected chi connectivity index (χ2v) is 3.70. The second-order valence-electron chi connectivity index (χ2n) is 3.70. The van der Waals surface area contributed by atoms with E-state index in [4.69, 9.17) is 10.8 Å². The van der Waals surface area contributed by atoms with Crippen LogP contribution >= 0.6 is 0 Å². The molecule has 0 unspecified atom stereocenters. The first kappa shape index (κ1) is 10.5. The summed E-state index contributed by atoms with van der Waals surface area (Å²) in [4.78, 5) is 10.6. The number of carboxylic acids is 1. The van der Waals surface area contributed by atoms with Crippen molar-refractivity contribution in [2.24, 2.45) is 7.05 Å². The molecule has 0 fully saturated rings. The monoisotopic (exact) mass is 220 g/mol. The van der Waals surface area contributed by atoms with Gasteiger partial charge in [-0.3, -0.25) is 10.5 Å². The number of nitrogen functional groups attached to an aromatic ring is 1. The van der Waals surface area contributed by atoms with Crippen molar-refractivity contribution in [3.63, 3.8) is 0 Å². The SMILES string of the molecule is C[n+]1c(N)n(CCC(=O)O)c2ccccc21. The fourth-order valence-electron chi connectivity index (χ4n) is 1.85. The number of nitrogens with two attached hydrogens (primary N) is 1. The van der Waals surface area contributed by atoms with E-state index >= 15 is 0 Å². The normalized spacial score (nSPS) is 10.8. The minimum atomic E-state index is -0.820. The summed E-state index contributed by atoms with van der Waals surface area (Å²) in [6.45, 7) is 0.391. The van der Waals surface area contributed by atoms with Gasteiger partial charge < -0.3 is 5.11 Å². The van der Waals surface area contributed by atoms with Gasteiger partial charge in [0.15, 0.2) is 0 Å². The summed E-state index contributed by atoms with van der Waals surface area (Å²) in [6, 6.07) is 7.75. The zero-order chi connectivity index (χ0) is 11.7. The van der Waals surface area contributed by atoms with Gasteiger partial charge in [0.2, 0.25) is 0 Å². The lowest BCUT2D eigenvalue weighted by Gasteiger charge is -1.97. The predicted octanol–water partition coefficient (Wildman–Crippen LogP) is 0.523. The van der Waals surface area contributed by atoms with Gasteiger partial charge in [-0.2, -0.15) is 0 Å². The highest BCUT2D eigenvalue weighted by Gasteiger charge is 2.17. The predicted molar refractivity (Wildman–Crippen MR) is 59.8 cm³/mol. The Bertz CT molecular complexity index is 545. The number of aliphatic carboxylic acids is 1. The number of imidazole rings is 1. The van der Waals surface area contributed by atoms with Crippen LogP contribution in [0.3, 0.4) is 0 Å². The van der Waals surface area contributed by atoms with Gasteiger partial charge in [-0.1, -0.05) is 12.1 Å². The molecule has 16 heavy (non-hydrogen) atoms. The van der Waals surface area contributed by atoms with Crippen LogP contribution in [0.2, 0.25) is 0 Å². The number of aryl methyl sites for hydroxylation is 2. The highest BCUT2D eigenvalue weighted by molar-refractivity contribution is 5.74. The molecule has 0 aliphatic rings. The molecule has 1 heterocycles. The smallest absolute Gasteiger partial charge is 0.355 e. The Morgan fingerprint density at radius 3 is 2.88 bits per heavy atom. The third kappa shape index (κ3) is 1.60. The van der Waals surface area contributed by atoms with Crippen molar-refractivity contribution in [3.8, 4) is 0 Å². The lowest BCUT2D eigenvalue weighted by molar-refractivity contribution is -0.630. The molecule has 3 N–H and O–H groups in total. The van der Waals surface area contributed by atoms with E-state index in [-0.39, 0.29) is 6.42 Å². The van der Waals surface area contributed by atoms with Crippen molar-refractivity contribution >= 4 is 23.0 Å². The molecular weight excluding hydrogens is 206 g/mol. The number of anilines is 1. The number of aromatic nitrogens is 2. The number of fused-ring (bicyclic) bond motifs is 1. The maximum absolute atomic E-state index is 10.6. The van der Waals surface area contributed by atoms with Gasteiger partial charge in [0.1, 0.15) is 11.0 Å². The van der Waals surface area contributed by atoms with Crippen molar-refractivity contribution in [2.45, 2.75) is 13.0 Å². The van der Waals surface area contributed by atoms with Crippen LogP contribution in [0.4, 0.5) is 5.95 Å². The zero-order valence-corrected chi connectivity index (χ0v) is 9.05. The molecule has 0 aliphatic heterocycles. The Morgan fingerprint density at radius 1 is 1.50 bits per heavy atom. The van der Waals surface area contributed by atoms with Gasteiger partial charge in [-0.25, -0.2) is 9.13 Å². The summed E-state index contributed by atoms with van der Waals surface area (Å²) < 4.78 is 3.68. The van der Waals surface area contributed by atoms with E-state index in [0.717, 1.165) is 11.0 Å². The Morgan fingerprint density at radius 2 is 2.19 bits per heavy atom. The van der Waals surface area contributed by atoms with E-state index < -0.39 is 5.97 Å². The van der Waals surface area contributed by atoms with Crippen LogP contribution < -0.4 is 10.3 Å². The molecule has 0 amide bonds. The van der Waals surface area contributed by atoms with E-state index in [0.29, 0.717) is 12.5 Å². The summed E-state index contributed by atoms with van der Waals surface area (Å²) in [6.07, 6.45) is 0.0723. The Hall–Kier alpha value is -2.04. The second kappa shape index (κ2) is 3.84. The first-order chi connectivity index (χ1) is 7.61. The summed E-state index contributed by atoms with van der Waals surface area (Å²) in [5.41, 5.74) is 7.90. The van der Waals surface area contributed by atoms with Gasteiger partial charge in [-0.05, 0) is 12.1 Å². The molecular formula is C11H14N3O2+. The molecule has 1 aromatic carbocycles. The fourth-order valence-corrected chi connectivity index (χ4v) is 1.85. The van der Waals surface area contributed by atoms with Crippen LogP contribution in [0.25, 0.3) is 11.0 Å². The number of hydrogen-bond donors (Lipinski definition) is 2. The molecule has 0 atom stereocenters. The molecule has 0 radical (unpaired) electrons. The number of carboxylic acid groups (broad SMARTS) is 1. The van der Waals surface area contributed by atoms with Gasteiger partial charge in [-0.15, -0.1) is 0 Å². The van der Waals surface area contributed by atoms with E-state index in [1.54, 1.807) is 0 Å². The van der Waals surface area contributed by atoms with Crippen molar-refractivity contribution < 1.29 is 14.5 Å². The average Bonchev–Trinajstić information content (AvgIpc) is 2.50. The van der Waals surface area contributed by atoms with Crippen molar-refractivity contribution in [1.29, 1.82) is 0 Å². The summed E-state index contributed by atoms with van der Waals surface area (Å²) in [5, 5.41) is 8.68. The summed E-state index contributed by atoms with van der Waals surface area (Å²) >= 11 is 0. The molecule has 0 aliphatic carbocycles. The minimum Gasteiger partial charge on any atom is -0.481 e. The summed E-state index contributed by atoms with van der Waals surface area (Å²) in [7, 11) is 1.87. The molecule has 1 aromatic heterocycles. The molecule has 2 aromatic rings. The van der Waals surface area contributed by atoms with Gasteiger partial charge in [0, 0.05) is 0 Å². The van der Waals surface area contributed by atoms with Gasteiger partial charge in [0.05, 0.1) is 20.0 Å². The molecule has 0 saturated heterocycles. The third-order valence-electron chi connectivity index (χ3n) is 2.70. The number of nitrogens with zero attached hydrogens (tertiary/aromatic N) is 2. The Kier molecular flexibility index (Phi) is 2.52. The first-order valence-corrected chi connectivity index (χ1v) is 5.06. The summed E-state index contributed by atoms with van der Waals surface area (Å²) in [5.74, 6) is -0.248. The molecule has 5 heteroatoms. The Labute approximate surface area is 92.7 Å². The van der Waals surface area contributed by atoms with Crippen LogP contribution in [0.5, 0.6) is 0 Å². The quantitative estimate of drug-likeness (QED) is 0.741. The molecule has 0 saturated carbocycles. The Balaban J connectivity index is 2.51. The van der Waals surface area contributed by atoms with Crippen molar-refractivity contribution in [1.82, 2.24) is 4.57 Å². The van der Waals surface area contributed by atoms with Crippen molar-refractivity contribution in [2.75, 3.05) is 5.73 Å². The van der Waals surface area contributed by atoms with E-state index in [1.165, 1.54) is 0 Å². The van der Waals surface area contributed by atoms with Crippen LogP contribution in [-0.2, 0) is 18.4 Å². The first-order valence-electron chi connectivity index (χ1n) is 5.06. The van der Waals surface area contributed by atoms with E-state index in [2.05, 4.69) is 0 Å². The average molecular weight is 220 g/mol. The lowest BCUT2D eigenvalue weighted by atomic mass is 10.3. The molecule has 84 valence electrons. The maximum atomic E-state index is 10.6. The maximum Gasteiger partial charge on any atom is 0.355 e. The number of rotatable bonds is 3. The topological polar surface area (TPSA) is 72.1 Å².